The topological polar surface area (TPSA) is 62.3 Å². The number of nitrogens with one attached hydrogen (secondary N) is 1. The van der Waals surface area contributed by atoms with Crippen molar-refractivity contribution in [3.63, 3.8) is 0 Å². The van der Waals surface area contributed by atoms with E-state index < -0.39 is 5.82 Å². The lowest BCUT2D eigenvalue weighted by molar-refractivity contribution is -0.129. The van der Waals surface area contributed by atoms with Crippen molar-refractivity contribution in [3.8, 4) is 0 Å². The number of benzene rings is 1. The number of rotatable bonds is 6. The summed E-state index contributed by atoms with van der Waals surface area (Å²) >= 11 is 0. The number of halogens is 1. The number of carbonyl (C=O) groups is 2. The number of carbonyl (C=O) groups excluding carboxylic acids is 2. The van der Waals surface area contributed by atoms with E-state index in [0.29, 0.717) is 12.2 Å². The average Bonchev–Trinajstić information content (AvgIpc) is 2.52. The van der Waals surface area contributed by atoms with E-state index in [4.69, 9.17) is 0 Å². The number of nitrogens with zero attached hydrogens (tertiary/aromatic N) is 2. The summed E-state index contributed by atoms with van der Waals surface area (Å²) < 4.78 is 13.1. The van der Waals surface area contributed by atoms with Gasteiger partial charge in [-0.1, -0.05) is 12.1 Å². The third-order valence-corrected chi connectivity index (χ3v) is 3.26. The third-order valence-electron chi connectivity index (χ3n) is 3.26. The molecule has 1 aromatic carbocycles. The Balaban J connectivity index is 1.88. The van der Waals surface area contributed by atoms with Gasteiger partial charge in [-0.2, -0.15) is 0 Å². The van der Waals surface area contributed by atoms with E-state index >= 15 is 0 Å². The molecule has 0 bridgehead atoms. The first kappa shape index (κ1) is 16.6. The summed E-state index contributed by atoms with van der Waals surface area (Å²) in [5.74, 6) is -0.801. The molecule has 120 valence electrons. The number of anilines is 1. The van der Waals surface area contributed by atoms with Gasteiger partial charge in [0.1, 0.15) is 5.82 Å². The SMILES string of the molecule is CC(=O)N(CCC(=O)Nc1cccc(F)c1)Cc1cccnc1. The van der Waals surface area contributed by atoms with Crippen molar-refractivity contribution in [2.75, 3.05) is 11.9 Å². The van der Waals surface area contributed by atoms with Crippen LogP contribution < -0.4 is 5.32 Å². The minimum absolute atomic E-state index is 0.118. The first-order chi connectivity index (χ1) is 11.0. The van der Waals surface area contributed by atoms with E-state index in [0.717, 1.165) is 5.56 Å². The lowest BCUT2D eigenvalue weighted by Crippen LogP contribution is -2.31. The lowest BCUT2D eigenvalue weighted by Gasteiger charge is -2.20. The maximum absolute atomic E-state index is 13.1. The van der Waals surface area contributed by atoms with Gasteiger partial charge in [0.25, 0.3) is 0 Å². The highest BCUT2D eigenvalue weighted by Crippen LogP contribution is 2.10. The van der Waals surface area contributed by atoms with Crippen molar-refractivity contribution < 1.29 is 14.0 Å². The summed E-state index contributed by atoms with van der Waals surface area (Å²) in [7, 11) is 0. The molecular formula is C17H18FN3O2. The Kier molecular flexibility index (Phi) is 5.80. The molecule has 23 heavy (non-hydrogen) atoms. The van der Waals surface area contributed by atoms with E-state index in [1.165, 1.54) is 25.1 Å². The summed E-state index contributed by atoms with van der Waals surface area (Å²) in [6.07, 6.45) is 3.48. The summed E-state index contributed by atoms with van der Waals surface area (Å²) in [5.41, 5.74) is 1.30. The summed E-state index contributed by atoms with van der Waals surface area (Å²) in [5, 5.41) is 2.61. The second kappa shape index (κ2) is 8.03. The van der Waals surface area contributed by atoms with Gasteiger partial charge in [-0.15, -0.1) is 0 Å². The fraction of sp³-hybridized carbons (Fsp3) is 0.235. The van der Waals surface area contributed by atoms with Crippen molar-refractivity contribution in [3.05, 3.63) is 60.2 Å². The lowest BCUT2D eigenvalue weighted by atomic mass is 10.2. The monoisotopic (exact) mass is 315 g/mol. The molecule has 0 aliphatic rings. The fourth-order valence-electron chi connectivity index (χ4n) is 2.09. The molecule has 1 N–H and O–H groups in total. The first-order valence-corrected chi connectivity index (χ1v) is 7.24. The standard InChI is InChI=1S/C17H18FN3O2/c1-13(22)21(12-14-4-3-8-19-11-14)9-7-17(23)20-16-6-2-5-15(18)10-16/h2-6,8,10-11H,7,9,12H2,1H3,(H,20,23). The molecular weight excluding hydrogens is 297 g/mol. The zero-order chi connectivity index (χ0) is 16.7. The van der Waals surface area contributed by atoms with Crippen molar-refractivity contribution in [1.29, 1.82) is 0 Å². The fourth-order valence-corrected chi connectivity index (χ4v) is 2.09. The van der Waals surface area contributed by atoms with Gasteiger partial charge in [0.2, 0.25) is 11.8 Å². The highest BCUT2D eigenvalue weighted by molar-refractivity contribution is 5.91. The molecule has 1 heterocycles. The number of amides is 2. The molecule has 6 heteroatoms. The second-order valence-electron chi connectivity index (χ2n) is 5.11. The number of hydrogen-bond donors (Lipinski definition) is 1. The average molecular weight is 315 g/mol. The van der Waals surface area contributed by atoms with Gasteiger partial charge in [-0.05, 0) is 29.8 Å². The molecule has 2 rings (SSSR count). The predicted molar refractivity (Wildman–Crippen MR) is 85.0 cm³/mol. The van der Waals surface area contributed by atoms with Gasteiger partial charge in [-0.3, -0.25) is 14.6 Å². The summed E-state index contributed by atoms with van der Waals surface area (Å²) in [6.45, 7) is 2.14. The Bertz CT molecular complexity index is 677. The molecule has 5 nitrogen and oxygen atoms in total. The van der Waals surface area contributed by atoms with Crippen molar-refractivity contribution >= 4 is 17.5 Å². The minimum atomic E-state index is -0.412. The molecule has 0 unspecified atom stereocenters. The van der Waals surface area contributed by atoms with Gasteiger partial charge in [0, 0.05) is 44.5 Å². The number of aromatic nitrogens is 1. The molecule has 0 radical (unpaired) electrons. The first-order valence-electron chi connectivity index (χ1n) is 7.24. The summed E-state index contributed by atoms with van der Waals surface area (Å²) in [4.78, 5) is 29.2. The molecule has 0 fully saturated rings. The van der Waals surface area contributed by atoms with E-state index in [1.807, 2.05) is 6.07 Å². The maximum Gasteiger partial charge on any atom is 0.226 e. The van der Waals surface area contributed by atoms with Gasteiger partial charge >= 0.3 is 0 Å². The van der Waals surface area contributed by atoms with Crippen molar-refractivity contribution in [2.45, 2.75) is 19.9 Å². The molecule has 0 spiro atoms. The summed E-state index contributed by atoms with van der Waals surface area (Å²) in [6, 6.07) is 9.35. The Hall–Kier alpha value is -2.76. The third kappa shape index (κ3) is 5.50. The van der Waals surface area contributed by atoms with Gasteiger partial charge in [-0.25, -0.2) is 4.39 Å². The molecule has 2 aromatic rings. The van der Waals surface area contributed by atoms with E-state index in [2.05, 4.69) is 10.3 Å². The Labute approximate surface area is 134 Å². The normalized spacial score (nSPS) is 10.2. The van der Waals surface area contributed by atoms with Gasteiger partial charge < -0.3 is 10.2 Å². The van der Waals surface area contributed by atoms with E-state index in [9.17, 15) is 14.0 Å². The Morgan fingerprint density at radius 1 is 1.26 bits per heavy atom. The quantitative estimate of drug-likeness (QED) is 0.891. The zero-order valence-electron chi connectivity index (χ0n) is 12.8. The van der Waals surface area contributed by atoms with Crippen LogP contribution in [0.3, 0.4) is 0 Å². The molecule has 2 amide bonds. The van der Waals surface area contributed by atoms with E-state index in [-0.39, 0.29) is 24.8 Å². The maximum atomic E-state index is 13.1. The number of pyridine rings is 1. The van der Waals surface area contributed by atoms with E-state index in [1.54, 1.807) is 29.4 Å². The van der Waals surface area contributed by atoms with Crippen LogP contribution in [0.15, 0.2) is 48.8 Å². The molecule has 1 aromatic heterocycles. The van der Waals surface area contributed by atoms with Crippen molar-refractivity contribution in [2.24, 2.45) is 0 Å². The zero-order valence-corrected chi connectivity index (χ0v) is 12.8. The van der Waals surface area contributed by atoms with Gasteiger partial charge in [0.05, 0.1) is 0 Å². The Morgan fingerprint density at radius 2 is 2.09 bits per heavy atom. The van der Waals surface area contributed by atoms with Crippen LogP contribution in [0.1, 0.15) is 18.9 Å². The molecule has 0 saturated heterocycles. The minimum Gasteiger partial charge on any atom is -0.338 e. The van der Waals surface area contributed by atoms with Crippen LogP contribution in [0.5, 0.6) is 0 Å². The highest BCUT2D eigenvalue weighted by Gasteiger charge is 2.12. The molecule has 0 aliphatic carbocycles. The van der Waals surface area contributed by atoms with Crippen LogP contribution in [-0.4, -0.2) is 28.2 Å². The molecule has 0 atom stereocenters. The molecule has 0 saturated carbocycles. The van der Waals surface area contributed by atoms with Gasteiger partial charge in [0.15, 0.2) is 0 Å². The van der Waals surface area contributed by atoms with Crippen LogP contribution in [0.4, 0.5) is 10.1 Å². The van der Waals surface area contributed by atoms with Crippen LogP contribution >= 0.6 is 0 Å². The molecule has 0 aliphatic heterocycles. The van der Waals surface area contributed by atoms with Crippen molar-refractivity contribution in [1.82, 2.24) is 9.88 Å². The largest absolute Gasteiger partial charge is 0.338 e. The smallest absolute Gasteiger partial charge is 0.226 e. The predicted octanol–water partition coefficient (Wildman–Crippen LogP) is 2.60. The second-order valence-corrected chi connectivity index (χ2v) is 5.11. The van der Waals surface area contributed by atoms with Crippen LogP contribution in [0.25, 0.3) is 0 Å². The number of hydrogen-bond acceptors (Lipinski definition) is 3. The van der Waals surface area contributed by atoms with Crippen LogP contribution in [-0.2, 0) is 16.1 Å². The van der Waals surface area contributed by atoms with Crippen LogP contribution in [0.2, 0.25) is 0 Å². The van der Waals surface area contributed by atoms with Crippen LogP contribution in [0, 0.1) is 5.82 Å². The Morgan fingerprint density at radius 3 is 2.74 bits per heavy atom. The highest BCUT2D eigenvalue weighted by atomic mass is 19.1.